The van der Waals surface area contributed by atoms with Gasteiger partial charge in [0, 0.05) is 32.7 Å². The molecular weight excluding hydrogens is 433 g/mol. The Balaban J connectivity index is 1.54. The molecule has 1 N–H and O–H groups in total. The molecule has 1 fully saturated rings. The van der Waals surface area contributed by atoms with Gasteiger partial charge in [0.15, 0.2) is 0 Å². The van der Waals surface area contributed by atoms with E-state index in [1.807, 2.05) is 4.90 Å². The summed E-state index contributed by atoms with van der Waals surface area (Å²) in [7, 11) is 0. The lowest BCUT2D eigenvalue weighted by molar-refractivity contribution is -0.138. The molecule has 1 aromatic heterocycles. The Bertz CT molecular complexity index is 939. The molecule has 1 aromatic carbocycles. The average molecular weight is 463 g/mol. The highest BCUT2D eigenvalue weighted by atomic mass is 19.4. The van der Waals surface area contributed by atoms with Crippen LogP contribution in [0, 0.1) is 0 Å². The quantitative estimate of drug-likeness (QED) is 0.592. The molecule has 178 valence electrons. The molecule has 2 aromatic rings. The smallest absolute Gasteiger partial charge is 0.367 e. The Hall–Kier alpha value is -3.10. The van der Waals surface area contributed by atoms with Crippen LogP contribution in [0.15, 0.2) is 42.6 Å². The third kappa shape index (κ3) is 6.46. The highest BCUT2D eigenvalue weighted by Gasteiger charge is 2.36. The van der Waals surface area contributed by atoms with Gasteiger partial charge < -0.3 is 15.1 Å². The summed E-state index contributed by atoms with van der Waals surface area (Å²) in [6.07, 6.45) is 1.34. The Labute approximate surface area is 191 Å². The van der Waals surface area contributed by atoms with E-state index in [4.69, 9.17) is 0 Å². The lowest BCUT2D eigenvalue weighted by Gasteiger charge is -2.36. The number of piperazine rings is 1. The molecule has 0 aliphatic carbocycles. The van der Waals surface area contributed by atoms with Gasteiger partial charge >= 0.3 is 6.18 Å². The fourth-order valence-electron chi connectivity index (χ4n) is 3.81. The molecule has 1 saturated heterocycles. The van der Waals surface area contributed by atoms with Gasteiger partial charge in [0.2, 0.25) is 0 Å². The molecule has 0 saturated carbocycles. The van der Waals surface area contributed by atoms with Crippen LogP contribution in [0.4, 0.5) is 18.9 Å². The van der Waals surface area contributed by atoms with Crippen LogP contribution in [0.1, 0.15) is 59.0 Å². The summed E-state index contributed by atoms with van der Waals surface area (Å²) >= 11 is 0. The first-order valence-corrected chi connectivity index (χ1v) is 11.3. The van der Waals surface area contributed by atoms with Gasteiger partial charge in [0.05, 0.1) is 23.0 Å². The van der Waals surface area contributed by atoms with Gasteiger partial charge in [-0.2, -0.15) is 13.2 Å². The zero-order valence-corrected chi connectivity index (χ0v) is 18.7. The van der Waals surface area contributed by atoms with E-state index in [9.17, 15) is 22.8 Å². The van der Waals surface area contributed by atoms with Crippen LogP contribution in [0.2, 0.25) is 0 Å². The average Bonchev–Trinajstić information content (AvgIpc) is 2.83. The molecule has 3 rings (SSSR count). The summed E-state index contributed by atoms with van der Waals surface area (Å²) in [6, 6.07) is 8.32. The lowest BCUT2D eigenvalue weighted by Crippen LogP contribution is -2.49. The molecule has 2 heterocycles. The van der Waals surface area contributed by atoms with Crippen LogP contribution in [0.5, 0.6) is 0 Å². The molecular formula is C24H29F3N4O2. The van der Waals surface area contributed by atoms with Gasteiger partial charge in [-0.3, -0.25) is 9.59 Å². The fourth-order valence-corrected chi connectivity index (χ4v) is 3.81. The van der Waals surface area contributed by atoms with E-state index >= 15 is 0 Å². The van der Waals surface area contributed by atoms with Crippen molar-refractivity contribution in [2.45, 2.75) is 38.8 Å². The maximum Gasteiger partial charge on any atom is 0.417 e. The molecule has 2 amide bonds. The number of anilines is 1. The number of carbonyl (C=O) groups excluding carboxylic acids is 2. The van der Waals surface area contributed by atoms with Crippen LogP contribution in [-0.2, 0) is 6.18 Å². The Morgan fingerprint density at radius 1 is 1.00 bits per heavy atom. The topological polar surface area (TPSA) is 65.5 Å². The third-order valence-electron chi connectivity index (χ3n) is 5.69. The molecule has 0 spiro atoms. The molecule has 6 nitrogen and oxygen atoms in total. The van der Waals surface area contributed by atoms with E-state index in [1.165, 1.54) is 23.1 Å². The minimum absolute atomic E-state index is 0.211. The first kappa shape index (κ1) is 24.5. The normalized spacial score (nSPS) is 14.3. The minimum Gasteiger partial charge on any atom is -0.367 e. The number of carbonyl (C=O) groups is 2. The largest absolute Gasteiger partial charge is 0.417 e. The summed E-state index contributed by atoms with van der Waals surface area (Å²) in [5.41, 5.74) is -0.102. The maximum absolute atomic E-state index is 13.3. The van der Waals surface area contributed by atoms with Crippen LogP contribution in [0.25, 0.3) is 0 Å². The molecule has 0 radical (unpaired) electrons. The minimum atomic E-state index is -4.58. The number of amides is 2. The second-order valence-electron chi connectivity index (χ2n) is 8.04. The van der Waals surface area contributed by atoms with Crippen molar-refractivity contribution in [3.05, 3.63) is 59.4 Å². The number of rotatable bonds is 8. The maximum atomic E-state index is 13.3. The number of hydrogen-bond acceptors (Lipinski definition) is 4. The summed E-state index contributed by atoms with van der Waals surface area (Å²) in [4.78, 5) is 32.6. The highest BCUT2D eigenvalue weighted by Crippen LogP contribution is 2.32. The van der Waals surface area contributed by atoms with Crippen molar-refractivity contribution in [2.75, 3.05) is 37.6 Å². The number of nitrogens with zero attached hydrogens (tertiary/aromatic N) is 3. The number of aromatic nitrogens is 1. The lowest BCUT2D eigenvalue weighted by atomic mass is 10.1. The van der Waals surface area contributed by atoms with Gasteiger partial charge in [-0.15, -0.1) is 0 Å². The molecule has 0 unspecified atom stereocenters. The SMILES string of the molecule is CCCCCCNC(=O)c1ccc(N2CCN(C(=O)c3ccccc3C(F)(F)F)CC2)cn1. The summed E-state index contributed by atoms with van der Waals surface area (Å²) in [5, 5.41) is 2.87. The van der Waals surface area contributed by atoms with Gasteiger partial charge in [-0.25, -0.2) is 4.98 Å². The number of pyridine rings is 1. The van der Waals surface area contributed by atoms with Crippen LogP contribution in [-0.4, -0.2) is 54.4 Å². The van der Waals surface area contributed by atoms with Crippen LogP contribution < -0.4 is 10.2 Å². The first-order valence-electron chi connectivity index (χ1n) is 11.3. The zero-order chi connectivity index (χ0) is 23.8. The van der Waals surface area contributed by atoms with Crippen LogP contribution in [0.3, 0.4) is 0 Å². The van der Waals surface area contributed by atoms with Crippen LogP contribution >= 0.6 is 0 Å². The molecule has 1 aliphatic heterocycles. The Kier molecular flexibility index (Phi) is 8.30. The van der Waals surface area contributed by atoms with Gasteiger partial charge in [-0.1, -0.05) is 38.3 Å². The zero-order valence-electron chi connectivity index (χ0n) is 18.7. The van der Waals surface area contributed by atoms with Crippen molar-refractivity contribution in [3.63, 3.8) is 0 Å². The first-order chi connectivity index (χ1) is 15.8. The van der Waals surface area contributed by atoms with Crippen molar-refractivity contribution >= 4 is 17.5 Å². The van der Waals surface area contributed by atoms with Gasteiger partial charge in [0.25, 0.3) is 11.8 Å². The number of hydrogen-bond donors (Lipinski definition) is 1. The van der Waals surface area contributed by atoms with E-state index in [0.717, 1.165) is 37.4 Å². The number of halogens is 3. The number of unbranched alkanes of at least 4 members (excludes halogenated alkanes) is 3. The van der Waals surface area contributed by atoms with Crippen molar-refractivity contribution in [2.24, 2.45) is 0 Å². The second-order valence-corrected chi connectivity index (χ2v) is 8.04. The van der Waals surface area contributed by atoms with Crippen molar-refractivity contribution in [3.8, 4) is 0 Å². The molecule has 0 bridgehead atoms. The van der Waals surface area contributed by atoms with Crippen molar-refractivity contribution in [1.29, 1.82) is 0 Å². The van der Waals surface area contributed by atoms with E-state index < -0.39 is 17.6 Å². The molecule has 1 aliphatic rings. The fraction of sp³-hybridized carbons (Fsp3) is 0.458. The molecule has 33 heavy (non-hydrogen) atoms. The Morgan fingerprint density at radius 2 is 1.73 bits per heavy atom. The van der Waals surface area contributed by atoms with E-state index in [0.29, 0.717) is 38.4 Å². The summed E-state index contributed by atoms with van der Waals surface area (Å²) in [6.45, 7) is 4.27. The van der Waals surface area contributed by atoms with Gasteiger partial charge in [0.1, 0.15) is 5.69 Å². The van der Waals surface area contributed by atoms with Crippen molar-refractivity contribution in [1.82, 2.24) is 15.2 Å². The number of alkyl halides is 3. The van der Waals surface area contributed by atoms with E-state index in [-0.39, 0.29) is 11.5 Å². The number of benzene rings is 1. The predicted octanol–water partition coefficient (Wildman–Crippen LogP) is 4.37. The van der Waals surface area contributed by atoms with E-state index in [2.05, 4.69) is 17.2 Å². The monoisotopic (exact) mass is 462 g/mol. The highest BCUT2D eigenvalue weighted by molar-refractivity contribution is 5.96. The third-order valence-corrected chi connectivity index (χ3v) is 5.69. The summed E-state index contributed by atoms with van der Waals surface area (Å²) < 4.78 is 39.8. The second kappa shape index (κ2) is 11.2. The predicted molar refractivity (Wildman–Crippen MR) is 120 cm³/mol. The molecule has 9 heteroatoms. The van der Waals surface area contributed by atoms with E-state index in [1.54, 1.807) is 18.3 Å². The summed E-state index contributed by atoms with van der Waals surface area (Å²) in [5.74, 6) is -0.830. The Morgan fingerprint density at radius 3 is 2.36 bits per heavy atom. The van der Waals surface area contributed by atoms with Crippen molar-refractivity contribution < 1.29 is 22.8 Å². The molecule has 0 atom stereocenters. The van der Waals surface area contributed by atoms with Gasteiger partial charge in [-0.05, 0) is 30.7 Å². The number of nitrogens with one attached hydrogen (secondary N) is 1. The standard InChI is InChI=1S/C24H29F3N4O2/c1-2-3-4-7-12-28-22(32)21-11-10-18(17-29-21)30-13-15-31(16-14-30)23(33)19-8-5-6-9-20(19)24(25,26)27/h5-6,8-11,17H,2-4,7,12-16H2,1H3,(H,28,32).